The lowest BCUT2D eigenvalue weighted by Crippen LogP contribution is -2.42. The van der Waals surface area contributed by atoms with Gasteiger partial charge in [-0.25, -0.2) is 0 Å². The van der Waals surface area contributed by atoms with E-state index in [0.717, 1.165) is 19.5 Å². The van der Waals surface area contributed by atoms with Crippen molar-refractivity contribution < 1.29 is 0 Å². The molecule has 1 aromatic rings. The van der Waals surface area contributed by atoms with E-state index in [-0.39, 0.29) is 0 Å². The van der Waals surface area contributed by atoms with Crippen LogP contribution in [0.5, 0.6) is 0 Å². The minimum Gasteiger partial charge on any atom is -0.312 e. The zero-order chi connectivity index (χ0) is 12.7. The molecule has 0 aliphatic carbocycles. The van der Waals surface area contributed by atoms with Crippen LogP contribution in [-0.2, 0) is 6.42 Å². The molecule has 3 nitrogen and oxygen atoms in total. The topological polar surface area (TPSA) is 28.2 Å². The van der Waals surface area contributed by atoms with Gasteiger partial charge in [-0.05, 0) is 50.7 Å². The molecule has 1 unspecified atom stereocenters. The molecule has 0 aliphatic rings. The van der Waals surface area contributed by atoms with Crippen LogP contribution in [0.3, 0.4) is 0 Å². The summed E-state index contributed by atoms with van der Waals surface area (Å²) in [7, 11) is 4.25. The van der Waals surface area contributed by atoms with Gasteiger partial charge in [-0.2, -0.15) is 0 Å². The number of likely N-dealkylation sites (N-methyl/N-ethyl adjacent to an activating group) is 1. The Morgan fingerprint density at radius 1 is 1.24 bits per heavy atom. The lowest BCUT2D eigenvalue weighted by molar-refractivity contribution is 0.290. The SMILES string of the molecule is CC(C)C(CN(C)C)NCCc1ccncc1. The van der Waals surface area contributed by atoms with E-state index in [1.54, 1.807) is 0 Å². The van der Waals surface area contributed by atoms with Gasteiger partial charge >= 0.3 is 0 Å². The fourth-order valence-corrected chi connectivity index (χ4v) is 1.86. The van der Waals surface area contributed by atoms with E-state index >= 15 is 0 Å². The Balaban J connectivity index is 2.32. The molecule has 0 aliphatic heterocycles. The van der Waals surface area contributed by atoms with Crippen molar-refractivity contribution in [2.24, 2.45) is 5.92 Å². The second kappa shape index (κ2) is 7.41. The molecule has 0 saturated heterocycles. The van der Waals surface area contributed by atoms with E-state index in [0.29, 0.717) is 12.0 Å². The molecular formula is C14H25N3. The summed E-state index contributed by atoms with van der Waals surface area (Å²) in [5, 5.41) is 3.64. The zero-order valence-electron chi connectivity index (χ0n) is 11.5. The van der Waals surface area contributed by atoms with Crippen LogP contribution in [0.2, 0.25) is 0 Å². The Kier molecular flexibility index (Phi) is 6.16. The van der Waals surface area contributed by atoms with Crippen LogP contribution >= 0.6 is 0 Å². The number of rotatable bonds is 7. The number of hydrogen-bond donors (Lipinski definition) is 1. The second-order valence-electron chi connectivity index (χ2n) is 5.17. The Morgan fingerprint density at radius 2 is 1.88 bits per heavy atom. The predicted octanol–water partition coefficient (Wildman–Crippen LogP) is 1.80. The van der Waals surface area contributed by atoms with Gasteiger partial charge in [0, 0.05) is 25.0 Å². The van der Waals surface area contributed by atoms with Gasteiger partial charge in [0.25, 0.3) is 0 Å². The molecule has 0 saturated carbocycles. The highest BCUT2D eigenvalue weighted by Crippen LogP contribution is 2.03. The molecule has 96 valence electrons. The maximum atomic E-state index is 4.03. The minimum atomic E-state index is 0.562. The van der Waals surface area contributed by atoms with Crippen molar-refractivity contribution in [3.63, 3.8) is 0 Å². The lowest BCUT2D eigenvalue weighted by Gasteiger charge is -2.25. The maximum absolute atomic E-state index is 4.03. The van der Waals surface area contributed by atoms with E-state index in [2.05, 4.69) is 55.3 Å². The Labute approximate surface area is 105 Å². The summed E-state index contributed by atoms with van der Waals surface area (Å²) in [4.78, 5) is 6.27. The molecule has 1 N–H and O–H groups in total. The van der Waals surface area contributed by atoms with E-state index in [1.807, 2.05) is 12.4 Å². The van der Waals surface area contributed by atoms with E-state index < -0.39 is 0 Å². The van der Waals surface area contributed by atoms with Gasteiger partial charge in [0.05, 0.1) is 0 Å². The van der Waals surface area contributed by atoms with Crippen LogP contribution in [0.4, 0.5) is 0 Å². The first-order valence-electron chi connectivity index (χ1n) is 6.36. The number of nitrogens with zero attached hydrogens (tertiary/aromatic N) is 2. The fraction of sp³-hybridized carbons (Fsp3) is 0.643. The largest absolute Gasteiger partial charge is 0.312 e. The van der Waals surface area contributed by atoms with Gasteiger partial charge in [0.15, 0.2) is 0 Å². The van der Waals surface area contributed by atoms with Crippen LogP contribution in [0.1, 0.15) is 19.4 Å². The van der Waals surface area contributed by atoms with Crippen molar-refractivity contribution in [1.29, 1.82) is 0 Å². The average molecular weight is 235 g/mol. The monoisotopic (exact) mass is 235 g/mol. The molecule has 1 aromatic heterocycles. The number of nitrogens with one attached hydrogen (secondary N) is 1. The van der Waals surface area contributed by atoms with Crippen LogP contribution in [-0.4, -0.2) is 43.1 Å². The van der Waals surface area contributed by atoms with Crippen molar-refractivity contribution in [2.75, 3.05) is 27.2 Å². The molecule has 3 heteroatoms. The molecule has 0 bridgehead atoms. The first-order chi connectivity index (χ1) is 8.09. The molecule has 1 heterocycles. The third kappa shape index (κ3) is 5.80. The van der Waals surface area contributed by atoms with E-state index in [9.17, 15) is 0 Å². The van der Waals surface area contributed by atoms with Gasteiger partial charge in [-0.3, -0.25) is 4.98 Å². The van der Waals surface area contributed by atoms with Gasteiger partial charge in [0.2, 0.25) is 0 Å². The summed E-state index contributed by atoms with van der Waals surface area (Å²) < 4.78 is 0. The molecule has 1 atom stereocenters. The number of hydrogen-bond acceptors (Lipinski definition) is 3. The molecule has 0 fully saturated rings. The summed E-state index contributed by atoms with van der Waals surface area (Å²) in [6, 6.07) is 4.72. The molecule has 0 radical (unpaired) electrons. The summed E-state index contributed by atoms with van der Waals surface area (Å²) in [5.41, 5.74) is 1.35. The minimum absolute atomic E-state index is 0.562. The number of aromatic nitrogens is 1. The molecule has 0 amide bonds. The average Bonchev–Trinajstić information content (AvgIpc) is 2.28. The standard InChI is InChI=1S/C14H25N3/c1-12(2)14(11-17(3)4)16-10-7-13-5-8-15-9-6-13/h5-6,8-9,12,14,16H,7,10-11H2,1-4H3. The summed E-state index contributed by atoms with van der Waals surface area (Å²) >= 11 is 0. The van der Waals surface area contributed by atoms with Crippen LogP contribution in [0.15, 0.2) is 24.5 Å². The molecule has 0 spiro atoms. The van der Waals surface area contributed by atoms with Crippen molar-refractivity contribution in [2.45, 2.75) is 26.3 Å². The van der Waals surface area contributed by atoms with Crippen molar-refractivity contribution >= 4 is 0 Å². The smallest absolute Gasteiger partial charge is 0.0270 e. The van der Waals surface area contributed by atoms with Gasteiger partial charge in [0.1, 0.15) is 0 Å². The highest BCUT2D eigenvalue weighted by molar-refractivity contribution is 5.09. The van der Waals surface area contributed by atoms with Crippen molar-refractivity contribution in [3.05, 3.63) is 30.1 Å². The maximum Gasteiger partial charge on any atom is 0.0270 e. The Morgan fingerprint density at radius 3 is 2.41 bits per heavy atom. The van der Waals surface area contributed by atoms with Crippen molar-refractivity contribution in [3.8, 4) is 0 Å². The summed E-state index contributed by atoms with van der Waals surface area (Å²) in [6.45, 7) is 6.66. The van der Waals surface area contributed by atoms with Gasteiger partial charge in [-0.15, -0.1) is 0 Å². The first kappa shape index (κ1) is 14.1. The zero-order valence-corrected chi connectivity index (χ0v) is 11.5. The highest BCUT2D eigenvalue weighted by atomic mass is 15.1. The second-order valence-corrected chi connectivity index (χ2v) is 5.17. The van der Waals surface area contributed by atoms with E-state index in [1.165, 1.54) is 5.56 Å². The molecule has 1 rings (SSSR count). The van der Waals surface area contributed by atoms with Crippen molar-refractivity contribution in [1.82, 2.24) is 15.2 Å². The fourth-order valence-electron chi connectivity index (χ4n) is 1.86. The van der Waals surface area contributed by atoms with E-state index in [4.69, 9.17) is 0 Å². The van der Waals surface area contributed by atoms with Gasteiger partial charge in [-0.1, -0.05) is 13.8 Å². The lowest BCUT2D eigenvalue weighted by atomic mass is 10.0. The summed E-state index contributed by atoms with van der Waals surface area (Å²) in [6.07, 6.45) is 4.78. The quantitative estimate of drug-likeness (QED) is 0.781. The molecule has 17 heavy (non-hydrogen) atoms. The molecular weight excluding hydrogens is 210 g/mol. The van der Waals surface area contributed by atoms with Crippen LogP contribution < -0.4 is 5.32 Å². The predicted molar refractivity (Wildman–Crippen MR) is 73.1 cm³/mol. The van der Waals surface area contributed by atoms with Gasteiger partial charge < -0.3 is 10.2 Å². The first-order valence-corrected chi connectivity index (χ1v) is 6.36. The summed E-state index contributed by atoms with van der Waals surface area (Å²) in [5.74, 6) is 0.662. The number of pyridine rings is 1. The Bertz CT molecular complexity index is 296. The highest BCUT2D eigenvalue weighted by Gasteiger charge is 2.12. The third-order valence-corrected chi connectivity index (χ3v) is 2.94. The normalized spacial score (nSPS) is 13.3. The molecule has 0 aromatic carbocycles. The van der Waals surface area contributed by atoms with Crippen LogP contribution in [0, 0.1) is 5.92 Å². The Hall–Kier alpha value is -0.930. The van der Waals surface area contributed by atoms with Crippen LogP contribution in [0.25, 0.3) is 0 Å². The third-order valence-electron chi connectivity index (χ3n) is 2.94.